The van der Waals surface area contributed by atoms with Crippen LogP contribution in [0.1, 0.15) is 32.3 Å². The van der Waals surface area contributed by atoms with Crippen LogP contribution < -0.4 is 9.47 Å². The van der Waals surface area contributed by atoms with Crippen LogP contribution in [-0.2, 0) is 16.1 Å². The van der Waals surface area contributed by atoms with Crippen LogP contribution in [0.15, 0.2) is 54.6 Å². The van der Waals surface area contributed by atoms with Crippen LogP contribution in [0.25, 0.3) is 0 Å². The Morgan fingerprint density at radius 2 is 1.62 bits per heavy atom. The summed E-state index contributed by atoms with van der Waals surface area (Å²) in [6.45, 7) is 4.95. The summed E-state index contributed by atoms with van der Waals surface area (Å²) in [6.07, 6.45) is 0.757. The van der Waals surface area contributed by atoms with Crippen molar-refractivity contribution in [2.45, 2.75) is 39.4 Å². The first kappa shape index (κ1) is 19.6. The Labute approximate surface area is 154 Å². The first-order chi connectivity index (χ1) is 12.7. The number of rotatable bonds is 10. The van der Waals surface area contributed by atoms with Crippen molar-refractivity contribution in [3.05, 3.63) is 60.2 Å². The largest absolute Gasteiger partial charge is 0.508 e. The first-order valence-electron chi connectivity index (χ1n) is 8.90. The number of carbonyl (C=O) groups is 1. The third kappa shape index (κ3) is 7.47. The maximum atomic E-state index is 11.5. The molecule has 0 heterocycles. The topological polar surface area (TPSA) is 54.0 Å². The molecule has 0 saturated heterocycles. The smallest absolute Gasteiger partial charge is 0.490 e. The first-order valence-corrected chi connectivity index (χ1v) is 8.90. The number of unbranched alkanes of at least 4 members (excludes halogenated alkanes) is 1. The summed E-state index contributed by atoms with van der Waals surface area (Å²) in [5.41, 5.74) is 1.12. The molecule has 2 aromatic rings. The zero-order chi connectivity index (χ0) is 18.6. The Morgan fingerprint density at radius 3 is 2.27 bits per heavy atom. The monoisotopic (exact) mass is 358 g/mol. The van der Waals surface area contributed by atoms with Crippen LogP contribution >= 0.6 is 0 Å². The summed E-state index contributed by atoms with van der Waals surface area (Å²) >= 11 is 0. The molecular weight excluding hydrogens is 332 g/mol. The van der Waals surface area contributed by atoms with E-state index in [1.165, 1.54) is 0 Å². The Bertz CT molecular complexity index is 639. The average molecular weight is 358 g/mol. The number of benzene rings is 2. The van der Waals surface area contributed by atoms with Crippen molar-refractivity contribution >= 4 is 6.16 Å². The van der Waals surface area contributed by atoms with E-state index in [1.807, 2.05) is 61.5 Å². The van der Waals surface area contributed by atoms with E-state index in [1.54, 1.807) is 6.92 Å². The zero-order valence-corrected chi connectivity index (χ0v) is 15.4. The third-order valence-corrected chi connectivity index (χ3v) is 3.57. The van der Waals surface area contributed by atoms with Crippen molar-refractivity contribution in [3.63, 3.8) is 0 Å². The molecule has 140 valence electrons. The molecule has 2 rings (SSSR count). The molecule has 26 heavy (non-hydrogen) atoms. The van der Waals surface area contributed by atoms with Crippen LogP contribution in [0.3, 0.4) is 0 Å². The number of carbonyl (C=O) groups excluding carboxylic acids is 1. The van der Waals surface area contributed by atoms with Gasteiger partial charge < -0.3 is 18.9 Å². The van der Waals surface area contributed by atoms with E-state index in [2.05, 4.69) is 0 Å². The highest BCUT2D eigenvalue weighted by Gasteiger charge is 2.11. The van der Waals surface area contributed by atoms with Crippen molar-refractivity contribution in [1.29, 1.82) is 0 Å². The fraction of sp³-hybridized carbons (Fsp3) is 0.381. The van der Waals surface area contributed by atoms with Gasteiger partial charge in [-0.15, -0.1) is 0 Å². The fourth-order valence-corrected chi connectivity index (χ4v) is 2.12. The minimum atomic E-state index is -0.654. The van der Waals surface area contributed by atoms with Gasteiger partial charge in [-0.25, -0.2) is 4.79 Å². The van der Waals surface area contributed by atoms with Crippen molar-refractivity contribution in [2.24, 2.45) is 0 Å². The quantitative estimate of drug-likeness (QED) is 0.442. The van der Waals surface area contributed by atoms with Gasteiger partial charge in [-0.2, -0.15) is 0 Å². The molecule has 0 spiro atoms. The minimum absolute atomic E-state index is 0.257. The molecule has 1 atom stereocenters. The lowest BCUT2D eigenvalue weighted by molar-refractivity contribution is 0.0134. The predicted octanol–water partition coefficient (Wildman–Crippen LogP) is 4.99. The van der Waals surface area contributed by atoms with Gasteiger partial charge in [0.1, 0.15) is 30.8 Å². The molecule has 0 aromatic heterocycles. The minimum Gasteiger partial charge on any atom is -0.490 e. The summed E-state index contributed by atoms with van der Waals surface area (Å²) in [6, 6.07) is 17.3. The molecule has 0 radical (unpaired) electrons. The maximum Gasteiger partial charge on any atom is 0.508 e. The molecule has 5 heteroatoms. The average Bonchev–Trinajstić information content (AvgIpc) is 2.66. The molecule has 2 aromatic carbocycles. The second-order valence-electron chi connectivity index (χ2n) is 5.94. The summed E-state index contributed by atoms with van der Waals surface area (Å²) in [5.74, 6) is 1.46. The van der Waals surface area contributed by atoms with E-state index in [-0.39, 0.29) is 6.61 Å². The van der Waals surface area contributed by atoms with Gasteiger partial charge in [0.2, 0.25) is 0 Å². The molecule has 0 aliphatic heterocycles. The molecule has 0 fully saturated rings. The Balaban J connectivity index is 1.69. The molecule has 0 saturated carbocycles. The molecule has 0 amide bonds. The van der Waals surface area contributed by atoms with Gasteiger partial charge in [-0.3, -0.25) is 0 Å². The standard InChI is InChI=1S/C21H26O5/c1-3-4-14-23-21(22)26-17(2)15-24-19-10-12-20(13-11-19)25-16-18-8-6-5-7-9-18/h5-13,17H,3-4,14-16H2,1-2H3/t17-/m0/s1. The lowest BCUT2D eigenvalue weighted by atomic mass is 10.2. The summed E-state index contributed by atoms with van der Waals surface area (Å²) in [5, 5.41) is 0. The molecule has 0 N–H and O–H groups in total. The van der Waals surface area contributed by atoms with Crippen LogP contribution in [-0.4, -0.2) is 25.5 Å². The fourth-order valence-electron chi connectivity index (χ4n) is 2.12. The zero-order valence-electron chi connectivity index (χ0n) is 15.4. The number of hydrogen-bond donors (Lipinski definition) is 0. The highest BCUT2D eigenvalue weighted by Crippen LogP contribution is 2.19. The predicted molar refractivity (Wildman–Crippen MR) is 99.5 cm³/mol. The SMILES string of the molecule is CCCCOC(=O)O[C@@H](C)COc1ccc(OCc2ccccc2)cc1. The molecule has 0 aliphatic carbocycles. The van der Waals surface area contributed by atoms with Gasteiger partial charge in [-0.05, 0) is 43.2 Å². The second kappa shape index (κ2) is 11.0. The van der Waals surface area contributed by atoms with Gasteiger partial charge in [0.15, 0.2) is 0 Å². The summed E-state index contributed by atoms with van der Waals surface area (Å²) < 4.78 is 21.4. The van der Waals surface area contributed by atoms with E-state index in [0.717, 1.165) is 24.2 Å². The molecular formula is C21H26O5. The highest BCUT2D eigenvalue weighted by atomic mass is 16.7. The Hall–Kier alpha value is -2.69. The van der Waals surface area contributed by atoms with Gasteiger partial charge in [-0.1, -0.05) is 43.7 Å². The van der Waals surface area contributed by atoms with Crippen molar-refractivity contribution in [1.82, 2.24) is 0 Å². The molecule has 5 nitrogen and oxygen atoms in total. The third-order valence-electron chi connectivity index (χ3n) is 3.57. The maximum absolute atomic E-state index is 11.5. The van der Waals surface area contributed by atoms with E-state index in [4.69, 9.17) is 18.9 Å². The van der Waals surface area contributed by atoms with Crippen LogP contribution in [0.4, 0.5) is 4.79 Å². The van der Waals surface area contributed by atoms with E-state index < -0.39 is 12.3 Å². The van der Waals surface area contributed by atoms with Gasteiger partial charge >= 0.3 is 6.16 Å². The van der Waals surface area contributed by atoms with E-state index >= 15 is 0 Å². The van der Waals surface area contributed by atoms with Crippen molar-refractivity contribution in [2.75, 3.05) is 13.2 Å². The van der Waals surface area contributed by atoms with Crippen LogP contribution in [0.2, 0.25) is 0 Å². The van der Waals surface area contributed by atoms with Gasteiger partial charge in [0, 0.05) is 0 Å². The number of hydrogen-bond acceptors (Lipinski definition) is 5. The molecule has 0 aliphatic rings. The highest BCUT2D eigenvalue weighted by molar-refractivity contribution is 5.60. The Kier molecular flexibility index (Phi) is 8.33. The molecule has 0 bridgehead atoms. The van der Waals surface area contributed by atoms with E-state index in [9.17, 15) is 4.79 Å². The van der Waals surface area contributed by atoms with Crippen molar-refractivity contribution in [3.8, 4) is 11.5 Å². The van der Waals surface area contributed by atoms with Gasteiger partial charge in [0.05, 0.1) is 6.61 Å². The van der Waals surface area contributed by atoms with Crippen LogP contribution in [0, 0.1) is 0 Å². The van der Waals surface area contributed by atoms with Crippen molar-refractivity contribution < 1.29 is 23.7 Å². The van der Waals surface area contributed by atoms with Crippen LogP contribution in [0.5, 0.6) is 11.5 Å². The normalized spacial score (nSPS) is 11.5. The number of ether oxygens (including phenoxy) is 4. The summed E-state index contributed by atoms with van der Waals surface area (Å²) in [4.78, 5) is 11.5. The lowest BCUT2D eigenvalue weighted by Gasteiger charge is -2.14. The Morgan fingerprint density at radius 1 is 0.962 bits per heavy atom. The lowest BCUT2D eigenvalue weighted by Crippen LogP contribution is -2.22. The van der Waals surface area contributed by atoms with E-state index in [0.29, 0.717) is 19.0 Å². The second-order valence-corrected chi connectivity index (χ2v) is 5.94. The summed E-state index contributed by atoms with van der Waals surface area (Å²) in [7, 11) is 0. The van der Waals surface area contributed by atoms with Gasteiger partial charge in [0.25, 0.3) is 0 Å². The molecule has 0 unspecified atom stereocenters.